The zero-order valence-electron chi connectivity index (χ0n) is 16.2. The van der Waals surface area contributed by atoms with Gasteiger partial charge in [-0.05, 0) is 49.8 Å². The largest absolute Gasteiger partial charge is 0.383 e. The van der Waals surface area contributed by atoms with Gasteiger partial charge < -0.3 is 16.0 Å². The van der Waals surface area contributed by atoms with Crippen LogP contribution in [0, 0.1) is 0 Å². The van der Waals surface area contributed by atoms with Crippen LogP contribution < -0.4 is 16.0 Å². The first-order valence-electron chi connectivity index (χ1n) is 10.3. The van der Waals surface area contributed by atoms with Crippen molar-refractivity contribution in [1.29, 1.82) is 0 Å². The Hall–Kier alpha value is -2.60. The van der Waals surface area contributed by atoms with Crippen LogP contribution in [0.2, 0.25) is 5.02 Å². The molecule has 1 aliphatic carbocycles. The maximum absolute atomic E-state index is 12.9. The van der Waals surface area contributed by atoms with E-state index in [2.05, 4.69) is 15.2 Å². The number of nitrogens with one attached hydrogen (secondary N) is 1. The summed E-state index contributed by atoms with van der Waals surface area (Å²) < 4.78 is 0. The average Bonchev–Trinajstić information content (AvgIpc) is 2.74. The summed E-state index contributed by atoms with van der Waals surface area (Å²) >= 11 is 6.11. The summed E-state index contributed by atoms with van der Waals surface area (Å²) in [6.07, 6.45) is 5.79. The molecular weight excluding hydrogens is 386 g/mol. The monoisotopic (exact) mass is 409 g/mol. The maximum Gasteiger partial charge on any atom is 0.229 e. The highest BCUT2D eigenvalue weighted by Gasteiger charge is 2.38. The molecule has 1 atom stereocenters. The topological polar surface area (TPSA) is 84.1 Å². The number of carbonyl (C=O) groups excluding carboxylic acids is 1. The number of aromatic nitrogens is 2. The van der Waals surface area contributed by atoms with Gasteiger partial charge in [-0.1, -0.05) is 23.7 Å². The van der Waals surface area contributed by atoms with E-state index in [1.807, 2.05) is 24.3 Å². The Bertz CT molecular complexity index is 995. The molecule has 6 nitrogen and oxygen atoms in total. The lowest BCUT2D eigenvalue weighted by atomic mass is 9.76. The van der Waals surface area contributed by atoms with Gasteiger partial charge >= 0.3 is 0 Å². The summed E-state index contributed by atoms with van der Waals surface area (Å²) in [4.78, 5) is 24.6. The van der Waals surface area contributed by atoms with Crippen LogP contribution in [-0.2, 0) is 4.79 Å². The Morgan fingerprint density at radius 1 is 1.03 bits per heavy atom. The fourth-order valence-electron chi connectivity index (χ4n) is 4.69. The highest BCUT2D eigenvalue weighted by atomic mass is 35.5. The van der Waals surface area contributed by atoms with Crippen LogP contribution in [0.25, 0.3) is 0 Å². The molecule has 3 aliphatic rings. The molecule has 1 aromatic carbocycles. The highest BCUT2D eigenvalue weighted by Crippen LogP contribution is 2.47. The molecular formula is C22H24ClN5O. The zero-order valence-corrected chi connectivity index (χ0v) is 17.0. The van der Waals surface area contributed by atoms with Gasteiger partial charge in [-0.15, -0.1) is 0 Å². The van der Waals surface area contributed by atoms with E-state index in [0.29, 0.717) is 23.2 Å². The summed E-state index contributed by atoms with van der Waals surface area (Å²) in [6, 6.07) is 7.63. The van der Waals surface area contributed by atoms with Gasteiger partial charge in [0.15, 0.2) is 5.78 Å². The van der Waals surface area contributed by atoms with Crippen LogP contribution >= 0.6 is 11.6 Å². The third-order valence-electron chi connectivity index (χ3n) is 6.11. The molecule has 1 fully saturated rings. The number of fused-ring (bicyclic) bond motifs is 1. The van der Waals surface area contributed by atoms with E-state index in [1.165, 1.54) is 6.42 Å². The van der Waals surface area contributed by atoms with Crippen molar-refractivity contribution < 1.29 is 4.79 Å². The quantitative estimate of drug-likeness (QED) is 0.770. The Morgan fingerprint density at radius 3 is 2.55 bits per heavy atom. The molecule has 2 aromatic rings. The van der Waals surface area contributed by atoms with Crippen molar-refractivity contribution >= 4 is 35.0 Å². The molecule has 0 radical (unpaired) electrons. The van der Waals surface area contributed by atoms with Crippen LogP contribution in [-0.4, -0.2) is 28.8 Å². The predicted molar refractivity (Wildman–Crippen MR) is 115 cm³/mol. The fourth-order valence-corrected chi connectivity index (χ4v) is 4.82. The molecule has 1 unspecified atom stereocenters. The van der Waals surface area contributed by atoms with Crippen LogP contribution in [0.15, 0.2) is 35.5 Å². The maximum atomic E-state index is 12.9. The second kappa shape index (κ2) is 7.34. The molecule has 1 saturated heterocycles. The molecule has 0 saturated carbocycles. The first-order valence-corrected chi connectivity index (χ1v) is 10.7. The standard InChI is InChI=1S/C22H24ClN5O/c23-14-9-7-13(8-10-14)17-18-15(5-4-6-16(18)29)25-21-19(17)20(24)26-22(27-21)28-11-2-1-3-12-28/h7-10,17H,1-6,11-12H2,(H3,24,25,26,27). The molecule has 3 heterocycles. The second-order valence-electron chi connectivity index (χ2n) is 8.00. The summed E-state index contributed by atoms with van der Waals surface area (Å²) in [5.74, 6) is 1.75. The van der Waals surface area contributed by atoms with Gasteiger partial charge in [-0.25, -0.2) is 0 Å². The second-order valence-corrected chi connectivity index (χ2v) is 8.43. The average molecular weight is 410 g/mol. The lowest BCUT2D eigenvalue weighted by molar-refractivity contribution is -0.116. The number of hydrogen-bond acceptors (Lipinski definition) is 6. The Kier molecular flexibility index (Phi) is 4.66. The smallest absolute Gasteiger partial charge is 0.229 e. The lowest BCUT2D eigenvalue weighted by Crippen LogP contribution is -2.33. The van der Waals surface area contributed by atoms with Gasteiger partial charge in [0.25, 0.3) is 0 Å². The summed E-state index contributed by atoms with van der Waals surface area (Å²) in [7, 11) is 0. The molecule has 0 bridgehead atoms. The van der Waals surface area contributed by atoms with Crippen molar-refractivity contribution in [2.24, 2.45) is 0 Å². The predicted octanol–water partition coefficient (Wildman–Crippen LogP) is 4.27. The first kappa shape index (κ1) is 18.4. The normalized spacial score (nSPS) is 21.5. The van der Waals surface area contributed by atoms with Crippen molar-refractivity contribution in [2.75, 3.05) is 29.0 Å². The number of nitrogens with two attached hydrogens (primary N) is 1. The van der Waals surface area contributed by atoms with E-state index in [1.54, 1.807) is 0 Å². The van der Waals surface area contributed by atoms with E-state index in [-0.39, 0.29) is 11.7 Å². The lowest BCUT2D eigenvalue weighted by Gasteiger charge is -2.35. The summed E-state index contributed by atoms with van der Waals surface area (Å²) in [5, 5.41) is 4.10. The van der Waals surface area contributed by atoms with Crippen LogP contribution in [0.3, 0.4) is 0 Å². The van der Waals surface area contributed by atoms with Crippen molar-refractivity contribution in [2.45, 2.75) is 44.4 Å². The number of nitrogens with zero attached hydrogens (tertiary/aromatic N) is 3. The number of halogens is 1. The Balaban J connectivity index is 1.65. The van der Waals surface area contributed by atoms with E-state index < -0.39 is 0 Å². The summed E-state index contributed by atoms with van der Waals surface area (Å²) in [5.41, 5.74) is 10.0. The minimum absolute atomic E-state index is 0.170. The number of nitrogen functional groups attached to an aromatic ring is 1. The van der Waals surface area contributed by atoms with Gasteiger partial charge in [-0.3, -0.25) is 4.79 Å². The number of rotatable bonds is 2. The van der Waals surface area contributed by atoms with Gasteiger partial charge in [-0.2, -0.15) is 9.97 Å². The number of hydrogen-bond donors (Lipinski definition) is 2. The van der Waals surface area contributed by atoms with Gasteiger partial charge in [0, 0.05) is 47.3 Å². The molecule has 150 valence electrons. The fraction of sp³-hybridized carbons (Fsp3) is 0.409. The van der Waals surface area contributed by atoms with E-state index in [0.717, 1.165) is 67.0 Å². The van der Waals surface area contributed by atoms with Crippen molar-refractivity contribution in [3.63, 3.8) is 0 Å². The molecule has 0 amide bonds. The Labute approximate surface area is 175 Å². The van der Waals surface area contributed by atoms with E-state index in [4.69, 9.17) is 22.3 Å². The molecule has 5 rings (SSSR count). The molecule has 0 spiro atoms. The summed E-state index contributed by atoms with van der Waals surface area (Å²) in [6.45, 7) is 1.90. The number of carbonyl (C=O) groups is 1. The minimum atomic E-state index is -0.262. The van der Waals surface area contributed by atoms with Crippen LogP contribution in [0.5, 0.6) is 0 Å². The van der Waals surface area contributed by atoms with Gasteiger partial charge in [0.1, 0.15) is 11.6 Å². The molecule has 7 heteroatoms. The Morgan fingerprint density at radius 2 is 1.79 bits per heavy atom. The van der Waals surface area contributed by atoms with E-state index >= 15 is 0 Å². The zero-order chi connectivity index (χ0) is 20.0. The molecule has 1 aromatic heterocycles. The van der Waals surface area contributed by atoms with E-state index in [9.17, 15) is 4.79 Å². The van der Waals surface area contributed by atoms with Crippen LogP contribution in [0.1, 0.15) is 55.6 Å². The number of ketones is 1. The van der Waals surface area contributed by atoms with Crippen molar-refractivity contribution in [3.05, 3.63) is 51.7 Å². The van der Waals surface area contributed by atoms with Gasteiger partial charge in [0.05, 0.1) is 0 Å². The number of allylic oxidation sites excluding steroid dienone is 2. The van der Waals surface area contributed by atoms with Gasteiger partial charge in [0.2, 0.25) is 5.95 Å². The van der Waals surface area contributed by atoms with Crippen molar-refractivity contribution in [3.8, 4) is 0 Å². The molecule has 2 aliphatic heterocycles. The number of benzene rings is 1. The minimum Gasteiger partial charge on any atom is -0.383 e. The number of Topliss-reactive ketones (excluding diaryl/α,β-unsaturated/α-hetero) is 1. The molecule has 3 N–H and O–H groups in total. The number of anilines is 3. The third-order valence-corrected chi connectivity index (χ3v) is 6.36. The van der Waals surface area contributed by atoms with Crippen LogP contribution in [0.4, 0.5) is 17.6 Å². The molecule has 29 heavy (non-hydrogen) atoms. The first-order chi connectivity index (χ1) is 14.1. The van der Waals surface area contributed by atoms with Crippen molar-refractivity contribution in [1.82, 2.24) is 9.97 Å². The number of piperidine rings is 1. The third kappa shape index (κ3) is 3.25. The highest BCUT2D eigenvalue weighted by molar-refractivity contribution is 6.30. The SMILES string of the molecule is Nc1nc(N2CCCCC2)nc2c1C(c1ccc(Cl)cc1)C1=C(CCCC1=O)N2.